The molecule has 1 aromatic rings. The van der Waals surface area contributed by atoms with Crippen molar-refractivity contribution in [3.8, 4) is 18.1 Å². The number of halogens is 1. The molecule has 0 aliphatic rings. The van der Waals surface area contributed by atoms with Crippen LogP contribution in [0.4, 0.5) is 0 Å². The Hall–Kier alpha value is -1.70. The van der Waals surface area contributed by atoms with Crippen LogP contribution in [-0.4, -0.2) is 24.6 Å². The Bertz CT molecular complexity index is 525. The number of carbonyl (C=O) groups is 1. The largest absolute Gasteiger partial charge is 0.481 e. The van der Waals surface area contributed by atoms with Gasteiger partial charge in [-0.3, -0.25) is 4.79 Å². The summed E-state index contributed by atoms with van der Waals surface area (Å²) in [6.07, 6.45) is 5.96. The zero-order chi connectivity index (χ0) is 15.8. The standard InChI is InChI=1S/C16H21ClN2O2/c1-4-8-19-16(20)11(3)21-15-7-6-13(17)9-12(15)10-14(18)5-2/h1,6-7,9,11,14H,5,8,10,18H2,2-3H3,(H,19,20). The van der Waals surface area contributed by atoms with Crippen LogP contribution < -0.4 is 15.8 Å². The Morgan fingerprint density at radius 1 is 1.57 bits per heavy atom. The lowest BCUT2D eigenvalue weighted by molar-refractivity contribution is -0.127. The van der Waals surface area contributed by atoms with Gasteiger partial charge in [0.2, 0.25) is 0 Å². The first-order valence-corrected chi connectivity index (χ1v) is 7.27. The van der Waals surface area contributed by atoms with E-state index in [2.05, 4.69) is 11.2 Å². The summed E-state index contributed by atoms with van der Waals surface area (Å²) in [6.45, 7) is 3.87. The van der Waals surface area contributed by atoms with E-state index in [0.29, 0.717) is 17.2 Å². The molecule has 114 valence electrons. The number of nitrogens with two attached hydrogens (primary N) is 1. The van der Waals surface area contributed by atoms with Gasteiger partial charge in [0.15, 0.2) is 6.10 Å². The molecule has 0 radical (unpaired) electrons. The molecule has 0 fully saturated rings. The minimum Gasteiger partial charge on any atom is -0.481 e. The maximum atomic E-state index is 11.8. The second-order valence-electron chi connectivity index (χ2n) is 4.81. The van der Waals surface area contributed by atoms with Crippen LogP contribution in [0.1, 0.15) is 25.8 Å². The van der Waals surface area contributed by atoms with Gasteiger partial charge in [0.1, 0.15) is 5.75 Å². The summed E-state index contributed by atoms with van der Waals surface area (Å²) in [5.41, 5.74) is 6.88. The minimum atomic E-state index is -0.642. The number of hydrogen-bond acceptors (Lipinski definition) is 3. The highest BCUT2D eigenvalue weighted by atomic mass is 35.5. The fourth-order valence-electron chi connectivity index (χ4n) is 1.78. The van der Waals surface area contributed by atoms with Gasteiger partial charge in [-0.2, -0.15) is 0 Å². The molecular weight excluding hydrogens is 288 g/mol. The fraction of sp³-hybridized carbons (Fsp3) is 0.438. The molecule has 3 N–H and O–H groups in total. The molecule has 2 unspecified atom stereocenters. The summed E-state index contributed by atoms with van der Waals surface area (Å²) >= 11 is 6.01. The van der Waals surface area contributed by atoms with Crippen LogP contribution in [-0.2, 0) is 11.2 Å². The van der Waals surface area contributed by atoms with Crippen LogP contribution in [0.2, 0.25) is 5.02 Å². The summed E-state index contributed by atoms with van der Waals surface area (Å²) in [7, 11) is 0. The first kappa shape index (κ1) is 17.4. The molecule has 2 atom stereocenters. The first-order valence-electron chi connectivity index (χ1n) is 6.89. The Balaban J connectivity index is 2.82. The molecule has 0 saturated carbocycles. The summed E-state index contributed by atoms with van der Waals surface area (Å²) in [4.78, 5) is 11.8. The monoisotopic (exact) mass is 308 g/mol. The van der Waals surface area contributed by atoms with E-state index < -0.39 is 6.10 Å². The highest BCUT2D eigenvalue weighted by Crippen LogP contribution is 2.25. The third-order valence-electron chi connectivity index (χ3n) is 3.07. The van der Waals surface area contributed by atoms with Gasteiger partial charge in [0.05, 0.1) is 6.54 Å². The molecule has 1 amide bonds. The zero-order valence-electron chi connectivity index (χ0n) is 12.4. The van der Waals surface area contributed by atoms with Gasteiger partial charge in [-0.15, -0.1) is 6.42 Å². The topological polar surface area (TPSA) is 64.3 Å². The number of ether oxygens (including phenoxy) is 1. The molecule has 0 saturated heterocycles. The van der Waals surface area contributed by atoms with E-state index in [9.17, 15) is 4.79 Å². The number of rotatable bonds is 7. The number of terminal acetylenes is 1. The predicted molar refractivity (Wildman–Crippen MR) is 85.4 cm³/mol. The Kier molecular flexibility index (Phi) is 7.07. The molecule has 21 heavy (non-hydrogen) atoms. The van der Waals surface area contributed by atoms with Gasteiger partial charge >= 0.3 is 0 Å². The number of nitrogens with one attached hydrogen (secondary N) is 1. The lowest BCUT2D eigenvalue weighted by Crippen LogP contribution is -2.36. The third kappa shape index (κ3) is 5.66. The van der Waals surface area contributed by atoms with Crippen LogP contribution in [0.3, 0.4) is 0 Å². The second-order valence-corrected chi connectivity index (χ2v) is 5.24. The molecule has 0 bridgehead atoms. The van der Waals surface area contributed by atoms with E-state index in [4.69, 9.17) is 28.5 Å². The van der Waals surface area contributed by atoms with Crippen molar-refractivity contribution in [1.29, 1.82) is 0 Å². The van der Waals surface area contributed by atoms with Crippen molar-refractivity contribution in [2.45, 2.75) is 38.8 Å². The Labute approximate surface area is 131 Å². The smallest absolute Gasteiger partial charge is 0.261 e. The fourth-order valence-corrected chi connectivity index (χ4v) is 1.97. The SMILES string of the molecule is C#CCNC(=O)C(C)Oc1ccc(Cl)cc1CC(N)CC. The third-order valence-corrected chi connectivity index (χ3v) is 3.30. The summed E-state index contributed by atoms with van der Waals surface area (Å²) in [5, 5.41) is 3.20. The van der Waals surface area contributed by atoms with E-state index in [1.54, 1.807) is 19.1 Å². The van der Waals surface area contributed by atoms with E-state index in [1.807, 2.05) is 13.0 Å². The highest BCUT2D eigenvalue weighted by Gasteiger charge is 2.16. The van der Waals surface area contributed by atoms with Crippen molar-refractivity contribution in [2.75, 3.05) is 6.54 Å². The Morgan fingerprint density at radius 3 is 2.90 bits per heavy atom. The molecule has 0 aliphatic heterocycles. The van der Waals surface area contributed by atoms with E-state index in [1.165, 1.54) is 0 Å². The predicted octanol–water partition coefficient (Wildman–Crippen LogP) is 2.14. The zero-order valence-corrected chi connectivity index (χ0v) is 13.1. The maximum Gasteiger partial charge on any atom is 0.261 e. The normalized spacial score (nSPS) is 13.1. The molecule has 4 nitrogen and oxygen atoms in total. The minimum absolute atomic E-state index is 0.0244. The van der Waals surface area contributed by atoms with Gasteiger partial charge < -0.3 is 15.8 Å². The van der Waals surface area contributed by atoms with Crippen LogP contribution in [0, 0.1) is 12.3 Å². The molecule has 0 aliphatic carbocycles. The molecular formula is C16H21ClN2O2. The molecule has 0 spiro atoms. The average molecular weight is 309 g/mol. The Morgan fingerprint density at radius 2 is 2.29 bits per heavy atom. The van der Waals surface area contributed by atoms with Gasteiger partial charge in [0.25, 0.3) is 5.91 Å². The number of benzene rings is 1. The number of amides is 1. The average Bonchev–Trinajstić information content (AvgIpc) is 2.47. The first-order chi connectivity index (χ1) is 9.97. The van der Waals surface area contributed by atoms with Crippen molar-refractivity contribution in [3.05, 3.63) is 28.8 Å². The van der Waals surface area contributed by atoms with Crippen molar-refractivity contribution in [1.82, 2.24) is 5.32 Å². The van der Waals surface area contributed by atoms with E-state index in [-0.39, 0.29) is 18.5 Å². The second kappa shape index (κ2) is 8.56. The van der Waals surface area contributed by atoms with Crippen molar-refractivity contribution in [2.24, 2.45) is 5.73 Å². The van der Waals surface area contributed by atoms with Crippen LogP contribution >= 0.6 is 11.6 Å². The maximum absolute atomic E-state index is 11.8. The quantitative estimate of drug-likeness (QED) is 0.759. The lowest BCUT2D eigenvalue weighted by Gasteiger charge is -2.18. The van der Waals surface area contributed by atoms with Crippen LogP contribution in [0.25, 0.3) is 0 Å². The van der Waals surface area contributed by atoms with Crippen molar-refractivity contribution >= 4 is 17.5 Å². The number of carbonyl (C=O) groups excluding carboxylic acids is 1. The molecule has 5 heteroatoms. The van der Waals surface area contributed by atoms with Gasteiger partial charge in [0, 0.05) is 11.1 Å². The van der Waals surface area contributed by atoms with E-state index in [0.717, 1.165) is 12.0 Å². The van der Waals surface area contributed by atoms with Crippen LogP contribution in [0.15, 0.2) is 18.2 Å². The molecule has 0 heterocycles. The molecule has 0 aromatic heterocycles. The van der Waals surface area contributed by atoms with Crippen molar-refractivity contribution < 1.29 is 9.53 Å². The highest BCUT2D eigenvalue weighted by molar-refractivity contribution is 6.30. The summed E-state index contributed by atoms with van der Waals surface area (Å²) < 4.78 is 5.71. The van der Waals surface area contributed by atoms with Gasteiger partial charge in [-0.05, 0) is 43.5 Å². The van der Waals surface area contributed by atoms with Crippen molar-refractivity contribution in [3.63, 3.8) is 0 Å². The molecule has 1 rings (SSSR count). The van der Waals surface area contributed by atoms with Gasteiger partial charge in [-0.25, -0.2) is 0 Å². The summed E-state index contributed by atoms with van der Waals surface area (Å²) in [5.74, 6) is 2.71. The van der Waals surface area contributed by atoms with Gasteiger partial charge in [-0.1, -0.05) is 24.4 Å². The van der Waals surface area contributed by atoms with E-state index >= 15 is 0 Å². The lowest BCUT2D eigenvalue weighted by atomic mass is 10.0. The summed E-state index contributed by atoms with van der Waals surface area (Å²) in [6, 6.07) is 5.32. The number of hydrogen-bond donors (Lipinski definition) is 2. The van der Waals surface area contributed by atoms with Crippen LogP contribution in [0.5, 0.6) is 5.75 Å². The molecule has 1 aromatic carbocycles.